The summed E-state index contributed by atoms with van der Waals surface area (Å²) in [5.41, 5.74) is 1.92. The summed E-state index contributed by atoms with van der Waals surface area (Å²) >= 11 is 0. The first-order valence-corrected chi connectivity index (χ1v) is 5.50. The smallest absolute Gasteiger partial charge is 0.339 e. The van der Waals surface area contributed by atoms with E-state index >= 15 is 0 Å². The number of aromatic nitrogens is 2. The van der Waals surface area contributed by atoms with Crippen molar-refractivity contribution in [3.63, 3.8) is 0 Å². The molecular weight excluding hydrogens is 230 g/mol. The number of hydrogen-bond acceptors (Lipinski definition) is 4. The van der Waals surface area contributed by atoms with Gasteiger partial charge in [0.2, 0.25) is 0 Å². The molecule has 0 radical (unpaired) electrons. The third-order valence-electron chi connectivity index (χ3n) is 2.58. The maximum Gasteiger partial charge on any atom is 0.339 e. The topological polar surface area (TPSA) is 75.1 Å². The lowest BCUT2D eigenvalue weighted by molar-refractivity contribution is 0.0697. The predicted octanol–water partition coefficient (Wildman–Crippen LogP) is 2.10. The lowest BCUT2D eigenvalue weighted by atomic mass is 10.1. The molecule has 92 valence electrons. The lowest BCUT2D eigenvalue weighted by Gasteiger charge is -2.10. The van der Waals surface area contributed by atoms with E-state index < -0.39 is 5.97 Å². The first kappa shape index (κ1) is 12.0. The van der Waals surface area contributed by atoms with E-state index in [1.807, 2.05) is 12.1 Å². The number of aryl methyl sites for hydroxylation is 1. The van der Waals surface area contributed by atoms with Crippen LogP contribution in [-0.4, -0.2) is 21.0 Å². The molecule has 0 aliphatic carbocycles. The van der Waals surface area contributed by atoms with Crippen molar-refractivity contribution in [2.45, 2.75) is 13.5 Å². The first-order chi connectivity index (χ1) is 8.68. The van der Waals surface area contributed by atoms with Crippen LogP contribution in [0.25, 0.3) is 0 Å². The summed E-state index contributed by atoms with van der Waals surface area (Å²) in [5, 5.41) is 12.2. The molecule has 0 aliphatic heterocycles. The number of aromatic carboxylic acids is 1. The fraction of sp³-hybridized carbons (Fsp3) is 0.154. The Kier molecular flexibility index (Phi) is 3.52. The molecule has 5 nitrogen and oxygen atoms in total. The van der Waals surface area contributed by atoms with Crippen molar-refractivity contribution in [2.24, 2.45) is 0 Å². The van der Waals surface area contributed by atoms with Gasteiger partial charge in [-0.3, -0.25) is 4.98 Å². The lowest BCUT2D eigenvalue weighted by Crippen LogP contribution is -2.10. The molecule has 0 saturated carbocycles. The summed E-state index contributed by atoms with van der Waals surface area (Å²) in [6.07, 6.45) is 4.98. The normalized spacial score (nSPS) is 10.1. The average molecular weight is 243 g/mol. The second-order valence-electron chi connectivity index (χ2n) is 3.87. The quantitative estimate of drug-likeness (QED) is 0.860. The van der Waals surface area contributed by atoms with Crippen LogP contribution in [0.4, 0.5) is 5.82 Å². The van der Waals surface area contributed by atoms with Gasteiger partial charge in [0, 0.05) is 25.1 Å². The van der Waals surface area contributed by atoms with E-state index in [1.165, 1.54) is 0 Å². The molecule has 0 fully saturated rings. The Balaban J connectivity index is 2.20. The summed E-state index contributed by atoms with van der Waals surface area (Å²) < 4.78 is 0. The highest BCUT2D eigenvalue weighted by atomic mass is 16.4. The molecular formula is C13H13N3O2. The minimum absolute atomic E-state index is 0.214. The van der Waals surface area contributed by atoms with Gasteiger partial charge in [0.05, 0.1) is 0 Å². The molecule has 5 heteroatoms. The highest BCUT2D eigenvalue weighted by Crippen LogP contribution is 2.17. The maximum absolute atomic E-state index is 11.2. The molecule has 0 bridgehead atoms. The molecule has 2 aromatic rings. The van der Waals surface area contributed by atoms with Crippen LogP contribution in [0.15, 0.2) is 36.8 Å². The summed E-state index contributed by atoms with van der Waals surface area (Å²) in [6, 6.07) is 5.41. The number of hydrogen-bond donors (Lipinski definition) is 2. The van der Waals surface area contributed by atoms with Crippen LogP contribution in [0, 0.1) is 6.92 Å². The Morgan fingerprint density at radius 2 is 2.00 bits per heavy atom. The number of carbonyl (C=O) groups is 1. The molecule has 0 atom stereocenters. The van der Waals surface area contributed by atoms with Crippen LogP contribution in [0.2, 0.25) is 0 Å². The molecule has 0 unspecified atom stereocenters. The van der Waals surface area contributed by atoms with E-state index in [-0.39, 0.29) is 5.56 Å². The second kappa shape index (κ2) is 5.27. The van der Waals surface area contributed by atoms with Crippen LogP contribution in [-0.2, 0) is 6.54 Å². The average Bonchev–Trinajstić information content (AvgIpc) is 2.37. The highest BCUT2D eigenvalue weighted by Gasteiger charge is 2.13. The van der Waals surface area contributed by atoms with Crippen LogP contribution < -0.4 is 5.32 Å². The Morgan fingerprint density at radius 3 is 2.67 bits per heavy atom. The number of rotatable bonds is 4. The van der Waals surface area contributed by atoms with Gasteiger partial charge in [-0.1, -0.05) is 0 Å². The van der Waals surface area contributed by atoms with E-state index in [4.69, 9.17) is 5.11 Å². The van der Waals surface area contributed by atoms with Gasteiger partial charge in [0.25, 0.3) is 0 Å². The van der Waals surface area contributed by atoms with Crippen molar-refractivity contribution < 1.29 is 9.90 Å². The molecule has 0 aliphatic rings. The van der Waals surface area contributed by atoms with Gasteiger partial charge in [0.15, 0.2) is 0 Å². The van der Waals surface area contributed by atoms with Gasteiger partial charge in [-0.25, -0.2) is 9.78 Å². The summed E-state index contributed by atoms with van der Waals surface area (Å²) in [7, 11) is 0. The third kappa shape index (κ3) is 2.63. The summed E-state index contributed by atoms with van der Waals surface area (Å²) in [4.78, 5) is 19.2. The van der Waals surface area contributed by atoms with E-state index in [9.17, 15) is 4.79 Å². The maximum atomic E-state index is 11.2. The fourth-order valence-corrected chi connectivity index (χ4v) is 1.65. The van der Waals surface area contributed by atoms with Crippen molar-refractivity contribution in [1.29, 1.82) is 0 Å². The Bertz CT molecular complexity index is 555. The summed E-state index contributed by atoms with van der Waals surface area (Å²) in [6.45, 7) is 2.27. The van der Waals surface area contributed by atoms with Crippen LogP contribution in [0.3, 0.4) is 0 Å². The minimum Gasteiger partial charge on any atom is -0.478 e. The zero-order valence-corrected chi connectivity index (χ0v) is 9.92. The molecule has 0 spiro atoms. The first-order valence-electron chi connectivity index (χ1n) is 5.50. The van der Waals surface area contributed by atoms with Gasteiger partial charge in [-0.2, -0.15) is 0 Å². The minimum atomic E-state index is -0.974. The van der Waals surface area contributed by atoms with Crippen LogP contribution in [0.1, 0.15) is 21.5 Å². The van der Waals surface area contributed by atoms with Crippen molar-refractivity contribution in [2.75, 3.05) is 5.32 Å². The Hall–Kier alpha value is -2.43. The molecule has 0 aromatic carbocycles. The van der Waals surface area contributed by atoms with Crippen molar-refractivity contribution in [3.05, 3.63) is 53.5 Å². The van der Waals surface area contributed by atoms with Gasteiger partial charge in [-0.15, -0.1) is 0 Å². The van der Waals surface area contributed by atoms with Crippen molar-refractivity contribution in [3.8, 4) is 0 Å². The fourth-order valence-electron chi connectivity index (χ4n) is 1.65. The van der Waals surface area contributed by atoms with Crippen LogP contribution in [0.5, 0.6) is 0 Å². The molecule has 0 amide bonds. The number of carboxylic acid groups (broad SMARTS) is 1. The number of pyridine rings is 2. The Labute approximate surface area is 105 Å². The monoisotopic (exact) mass is 243 g/mol. The van der Waals surface area contributed by atoms with E-state index in [0.717, 1.165) is 5.56 Å². The second-order valence-corrected chi connectivity index (χ2v) is 3.87. The standard InChI is InChI=1S/C13H13N3O2/c1-9-2-7-15-12(11(9)13(17)18)16-8-10-3-5-14-6-4-10/h2-7H,8H2,1H3,(H,15,16)(H,17,18). The highest BCUT2D eigenvalue weighted by molar-refractivity contribution is 5.94. The number of nitrogens with zero attached hydrogens (tertiary/aromatic N) is 2. The van der Waals surface area contributed by atoms with Crippen molar-refractivity contribution >= 4 is 11.8 Å². The third-order valence-corrected chi connectivity index (χ3v) is 2.58. The van der Waals surface area contributed by atoms with Gasteiger partial charge in [-0.05, 0) is 36.2 Å². The van der Waals surface area contributed by atoms with Gasteiger partial charge in [0.1, 0.15) is 11.4 Å². The molecule has 0 saturated heterocycles. The zero-order chi connectivity index (χ0) is 13.0. The van der Waals surface area contributed by atoms with Gasteiger partial charge < -0.3 is 10.4 Å². The molecule has 2 N–H and O–H groups in total. The van der Waals surface area contributed by atoms with E-state index in [1.54, 1.807) is 31.6 Å². The number of nitrogens with one attached hydrogen (secondary N) is 1. The molecule has 2 rings (SSSR count). The molecule has 2 heterocycles. The number of carboxylic acids is 1. The molecule has 18 heavy (non-hydrogen) atoms. The summed E-state index contributed by atoms with van der Waals surface area (Å²) in [5.74, 6) is -0.586. The van der Waals surface area contributed by atoms with E-state index in [0.29, 0.717) is 17.9 Å². The largest absolute Gasteiger partial charge is 0.478 e. The predicted molar refractivity (Wildman–Crippen MR) is 67.5 cm³/mol. The Morgan fingerprint density at radius 1 is 1.28 bits per heavy atom. The molecule has 2 aromatic heterocycles. The van der Waals surface area contributed by atoms with Crippen LogP contribution >= 0.6 is 0 Å². The number of anilines is 1. The zero-order valence-electron chi connectivity index (χ0n) is 9.92. The SMILES string of the molecule is Cc1ccnc(NCc2ccncc2)c1C(=O)O. The van der Waals surface area contributed by atoms with Gasteiger partial charge >= 0.3 is 5.97 Å². The van der Waals surface area contributed by atoms with Crippen molar-refractivity contribution in [1.82, 2.24) is 9.97 Å². The van der Waals surface area contributed by atoms with E-state index in [2.05, 4.69) is 15.3 Å².